The van der Waals surface area contributed by atoms with E-state index in [1.807, 2.05) is 149 Å². The molecule has 27 heteroatoms. The molecule has 0 unspecified atom stereocenters. The highest BCUT2D eigenvalue weighted by Crippen LogP contribution is 2.40. The second-order valence-electron chi connectivity index (χ2n) is 28.0. The fraction of sp³-hybridized carbons (Fsp3) is 0.333. The van der Waals surface area contributed by atoms with Gasteiger partial charge in [-0.05, 0) is 203 Å². The number of nitrogens with zero attached hydrogens (tertiary/aromatic N) is 14. The van der Waals surface area contributed by atoms with Gasteiger partial charge in [0.05, 0.1) is 16.6 Å². The summed E-state index contributed by atoms with van der Waals surface area (Å²) in [6, 6.07) is 39.0. The lowest BCUT2D eigenvalue weighted by atomic mass is 10.2. The van der Waals surface area contributed by atoms with Crippen LogP contribution in [0.2, 0.25) is 0 Å². The summed E-state index contributed by atoms with van der Waals surface area (Å²) < 4.78 is 114. The van der Waals surface area contributed by atoms with E-state index in [2.05, 4.69) is 89.6 Å². The minimum Gasteiger partial charge on any atom is -0.433 e. The van der Waals surface area contributed by atoms with Crippen LogP contribution in [0.3, 0.4) is 0 Å². The average molecular weight is 1480 g/mol. The Hall–Kier alpha value is -11.2. The van der Waals surface area contributed by atoms with E-state index in [1.54, 1.807) is 36.4 Å². The molecule has 15 rings (SSSR count). The number of aromatic nitrogens is 9. The second kappa shape index (κ2) is 32.9. The normalized spacial score (nSPS) is 14.4. The first-order valence-corrected chi connectivity index (χ1v) is 36.5. The van der Waals surface area contributed by atoms with Gasteiger partial charge in [-0.3, -0.25) is 0 Å². The van der Waals surface area contributed by atoms with Gasteiger partial charge >= 0.3 is 0 Å². The van der Waals surface area contributed by atoms with Crippen molar-refractivity contribution in [2.24, 2.45) is 0 Å². The molecule has 4 N–H and O–H groups in total. The average Bonchev–Trinajstić information content (AvgIpc) is 1.62. The molecule has 0 saturated carbocycles. The summed E-state index contributed by atoms with van der Waals surface area (Å²) in [6.07, 6.45) is 3.57. The Labute approximate surface area is 624 Å². The maximum Gasteiger partial charge on any atom is 0.261 e. The molecule has 0 aliphatic carbocycles. The van der Waals surface area contributed by atoms with Crippen molar-refractivity contribution in [1.82, 2.24) is 58.7 Å². The molecule has 12 aromatic rings. The molecule has 3 aliphatic heterocycles. The van der Waals surface area contributed by atoms with Crippen LogP contribution in [0.15, 0.2) is 146 Å². The first kappa shape index (κ1) is 75.1. The van der Waals surface area contributed by atoms with Crippen molar-refractivity contribution in [2.45, 2.75) is 87.4 Å². The van der Waals surface area contributed by atoms with Gasteiger partial charge in [-0.2, -0.15) is 28.1 Å². The monoisotopic (exact) mass is 1480 g/mol. The van der Waals surface area contributed by atoms with Gasteiger partial charge in [-0.1, -0.05) is 6.92 Å². The zero-order valence-corrected chi connectivity index (χ0v) is 62.5. The lowest BCUT2D eigenvalue weighted by Gasteiger charge is -2.35. The quantitative estimate of drug-likeness (QED) is 0.0560. The number of likely N-dealkylation sites (N-methyl/N-ethyl adjacent to an activating group) is 2. The molecule has 6 aromatic heterocycles. The number of fused-ring (bicyclic) bond motifs is 3. The van der Waals surface area contributed by atoms with Crippen molar-refractivity contribution in [2.75, 3.05) is 123 Å². The van der Waals surface area contributed by atoms with Gasteiger partial charge in [-0.25, -0.2) is 28.1 Å². The minimum absolute atomic E-state index is 0.0439. The van der Waals surface area contributed by atoms with Crippen LogP contribution in [0.1, 0.15) is 83.7 Å². The van der Waals surface area contributed by atoms with E-state index in [9.17, 15) is 0 Å². The number of anilines is 9. The molecule has 3 fully saturated rings. The molecule has 0 amide bonds. The number of rotatable bonds is 19. The van der Waals surface area contributed by atoms with Crippen LogP contribution in [0, 0.1) is 55.7 Å². The molecule has 9 heterocycles. The number of ether oxygens (including phenoxy) is 3. The van der Waals surface area contributed by atoms with Gasteiger partial charge < -0.3 is 73.7 Å². The Morgan fingerprint density at radius 3 is 0.972 bits per heavy atom. The van der Waals surface area contributed by atoms with Crippen molar-refractivity contribution in [3.05, 3.63) is 198 Å². The number of hydrogen-bond donors (Lipinski definition) is 4. The predicted octanol–water partition coefficient (Wildman–Crippen LogP) is 17.7. The van der Waals surface area contributed by atoms with E-state index in [-0.39, 0.29) is 70.5 Å². The maximum absolute atomic E-state index is 15.3. The standard InChI is InChI=1S/C28H32F2N6O.C27H30F2N6O.C26H28F2N6O/c1-5-34-12-14-35(15-13-34)21-8-6-20(7-9-21)33-27-26(30)28(32-17-31-27)37-24-11-10-23-22(25(24)29)16-19(4)36(23)18(2)3;1-17(2)35-18(3)15-21-22(35)9-10-23(24(21)28)36-27-25(29)26(30-16-31-27)32-19-5-7-20(8-6-19)34-13-11-33(4)12-14-34;1-16(2)34-17(3)14-20-21(34)8-9-22(23(20)27)35-26-24(28)25(30-15-31-26)32-18-4-6-19(7-5-18)33-12-10-29-11-13-33/h6-11,16-18H,5,12-15H2,1-4H3,(H,31,32,33);5-10,15-17H,11-14H2,1-4H3,(H,30,31,32);4-9,14-16,29H,10-13H2,1-3H3,(H,30,31,32). The third-order valence-electron chi connectivity index (χ3n) is 19.7. The topological polar surface area (TPSA) is 184 Å². The van der Waals surface area contributed by atoms with Crippen molar-refractivity contribution in [3.63, 3.8) is 0 Å². The Bertz CT molecular complexity index is 5130. The van der Waals surface area contributed by atoms with Crippen LogP contribution in [-0.4, -0.2) is 146 Å². The lowest BCUT2D eigenvalue weighted by Crippen LogP contribution is -2.46. The van der Waals surface area contributed by atoms with Crippen molar-refractivity contribution in [3.8, 4) is 34.9 Å². The molecule has 0 spiro atoms. The van der Waals surface area contributed by atoms with Crippen molar-refractivity contribution in [1.29, 1.82) is 0 Å². The van der Waals surface area contributed by atoms with E-state index in [4.69, 9.17) is 14.2 Å². The van der Waals surface area contributed by atoms with Gasteiger partial charge in [0.2, 0.25) is 17.5 Å². The van der Waals surface area contributed by atoms with E-state index in [0.29, 0.717) is 33.2 Å². The lowest BCUT2D eigenvalue weighted by molar-refractivity contribution is 0.271. The molecule has 3 aliphatic rings. The maximum atomic E-state index is 15.3. The first-order chi connectivity index (χ1) is 52.1. The Morgan fingerprint density at radius 1 is 0.380 bits per heavy atom. The first-order valence-electron chi connectivity index (χ1n) is 36.5. The van der Waals surface area contributed by atoms with Crippen molar-refractivity contribution < 1.29 is 40.6 Å². The highest BCUT2D eigenvalue weighted by Gasteiger charge is 2.26. The fourth-order valence-corrected chi connectivity index (χ4v) is 14.3. The zero-order chi connectivity index (χ0) is 76.0. The summed E-state index contributed by atoms with van der Waals surface area (Å²) in [7, 11) is 2.12. The van der Waals surface area contributed by atoms with E-state index in [0.717, 1.165) is 136 Å². The van der Waals surface area contributed by atoms with E-state index < -0.39 is 34.9 Å². The van der Waals surface area contributed by atoms with Crippen LogP contribution in [0.4, 0.5) is 77.9 Å². The Kier molecular flexibility index (Phi) is 22.9. The number of benzene rings is 6. The molecular weight excluding hydrogens is 1390 g/mol. The molecule has 564 valence electrons. The highest BCUT2D eigenvalue weighted by atomic mass is 19.1. The number of nitrogens with one attached hydrogen (secondary N) is 4. The fourth-order valence-electron chi connectivity index (χ4n) is 14.3. The molecule has 0 radical (unpaired) electrons. The third kappa shape index (κ3) is 16.4. The molecule has 0 atom stereocenters. The van der Waals surface area contributed by atoms with E-state index in [1.165, 1.54) is 37.2 Å². The number of aryl methyl sites for hydroxylation is 3. The Balaban J connectivity index is 0.000000143. The minimum atomic E-state index is -0.797. The third-order valence-corrected chi connectivity index (χ3v) is 19.7. The van der Waals surface area contributed by atoms with Crippen LogP contribution in [0.25, 0.3) is 32.7 Å². The van der Waals surface area contributed by atoms with Crippen LogP contribution < -0.4 is 50.2 Å². The molecule has 21 nitrogen and oxygen atoms in total. The van der Waals surface area contributed by atoms with Crippen LogP contribution in [0.5, 0.6) is 34.9 Å². The Morgan fingerprint density at radius 2 is 0.676 bits per heavy atom. The molecule has 6 aromatic carbocycles. The number of hydrogen-bond acceptors (Lipinski definition) is 18. The van der Waals surface area contributed by atoms with Crippen molar-refractivity contribution >= 4 is 84.3 Å². The summed E-state index contributed by atoms with van der Waals surface area (Å²) in [4.78, 5) is 35.4. The van der Waals surface area contributed by atoms with Crippen LogP contribution >= 0.6 is 0 Å². The summed E-state index contributed by atoms with van der Waals surface area (Å²) in [5.41, 5.74) is 10.5. The number of halogens is 6. The zero-order valence-electron chi connectivity index (χ0n) is 62.5. The van der Waals surface area contributed by atoms with Gasteiger partial charge in [0, 0.05) is 164 Å². The van der Waals surface area contributed by atoms with Crippen LogP contribution in [-0.2, 0) is 0 Å². The smallest absolute Gasteiger partial charge is 0.261 e. The second-order valence-corrected chi connectivity index (χ2v) is 28.0. The molecular formula is C81H90F6N18O3. The van der Waals surface area contributed by atoms with Gasteiger partial charge in [0.1, 0.15) is 19.0 Å². The predicted molar refractivity (Wildman–Crippen MR) is 416 cm³/mol. The molecule has 0 bridgehead atoms. The van der Waals surface area contributed by atoms with E-state index >= 15 is 26.3 Å². The summed E-state index contributed by atoms with van der Waals surface area (Å²) >= 11 is 0. The molecule has 108 heavy (non-hydrogen) atoms. The van der Waals surface area contributed by atoms with Gasteiger partial charge in [0.25, 0.3) is 17.6 Å². The summed E-state index contributed by atoms with van der Waals surface area (Å²) in [5.74, 6) is -5.51. The largest absolute Gasteiger partial charge is 0.433 e. The number of piperazine rings is 3. The highest BCUT2D eigenvalue weighted by molar-refractivity contribution is 5.86. The van der Waals surface area contributed by atoms with Gasteiger partial charge in [-0.15, -0.1) is 0 Å². The molecule has 3 saturated heterocycles. The summed E-state index contributed by atoms with van der Waals surface area (Å²) in [5, 5.41) is 13.5. The SMILES string of the molecule is CCN1CCN(c2ccc(Nc3ncnc(Oc4ccc5c(cc(C)n5C(C)C)c4F)c3F)cc2)CC1.Cc1cc2c(F)c(Oc3ncnc(Nc4ccc(N5CCN(C)CC5)cc4)c3F)ccc2n1C(C)C.Cc1cc2c(F)c(Oc3ncnc(Nc4ccc(N5CCNCC5)cc4)c3F)ccc2n1C(C)C. The summed E-state index contributed by atoms with van der Waals surface area (Å²) in [6.45, 7) is 33.1. The van der Waals surface area contributed by atoms with Gasteiger partial charge in [0.15, 0.2) is 52.2 Å².